The maximum atomic E-state index is 13.6. The summed E-state index contributed by atoms with van der Waals surface area (Å²) >= 11 is 0. The quantitative estimate of drug-likeness (QED) is 0.376. The summed E-state index contributed by atoms with van der Waals surface area (Å²) in [6, 6.07) is 13.1. The van der Waals surface area contributed by atoms with Crippen LogP contribution in [0.5, 0.6) is 11.5 Å². The van der Waals surface area contributed by atoms with Gasteiger partial charge in [0.25, 0.3) is 0 Å². The fraction of sp³-hybridized carbons (Fsp3) is 0.483. The normalized spacial score (nSPS) is 13.6. The number of carbonyl (C=O) groups is 2. The molecular weight excluding hydrogens is 468 g/mol. The summed E-state index contributed by atoms with van der Waals surface area (Å²) in [6.45, 7) is 10.4. The zero-order valence-electron chi connectivity index (χ0n) is 23.1. The maximum Gasteiger partial charge on any atom is 0.243 e. The highest BCUT2D eigenvalue weighted by Crippen LogP contribution is 2.28. The summed E-state index contributed by atoms with van der Waals surface area (Å²) in [6.07, 6.45) is 1.95. The first-order chi connectivity index (χ1) is 17.7. The van der Waals surface area contributed by atoms with Crippen LogP contribution in [0, 0.1) is 0 Å². The second-order valence-electron chi connectivity index (χ2n) is 9.52. The first-order valence-electron chi connectivity index (χ1n) is 13.0. The summed E-state index contributed by atoms with van der Waals surface area (Å²) < 4.78 is 12.6. The lowest BCUT2D eigenvalue weighted by molar-refractivity contribution is -0.136. The van der Waals surface area contributed by atoms with Crippen LogP contribution in [0.25, 0.3) is 11.0 Å². The van der Waals surface area contributed by atoms with Crippen LogP contribution in [0.2, 0.25) is 0 Å². The van der Waals surface area contributed by atoms with Crippen molar-refractivity contribution in [3.8, 4) is 11.5 Å². The molecule has 0 aliphatic heterocycles. The van der Waals surface area contributed by atoms with Crippen LogP contribution in [0.1, 0.15) is 64.9 Å². The Morgan fingerprint density at radius 1 is 0.973 bits per heavy atom. The van der Waals surface area contributed by atoms with Crippen molar-refractivity contribution in [2.24, 2.45) is 0 Å². The Morgan fingerprint density at radius 3 is 2.24 bits per heavy atom. The Hall–Kier alpha value is -3.55. The number of hydrogen-bond donors (Lipinski definition) is 1. The maximum absolute atomic E-state index is 13.6. The fourth-order valence-electron chi connectivity index (χ4n) is 4.66. The molecule has 0 aliphatic carbocycles. The topological polar surface area (TPSA) is 85.7 Å². The van der Waals surface area contributed by atoms with Crippen molar-refractivity contribution in [1.82, 2.24) is 19.8 Å². The number of hydrogen-bond acceptors (Lipinski definition) is 5. The van der Waals surface area contributed by atoms with Crippen LogP contribution in [0.15, 0.2) is 42.5 Å². The van der Waals surface area contributed by atoms with Crippen LogP contribution in [-0.4, -0.2) is 52.6 Å². The third-order valence-electron chi connectivity index (χ3n) is 6.97. The van der Waals surface area contributed by atoms with E-state index in [1.807, 2.05) is 46.7 Å². The monoisotopic (exact) mass is 508 g/mol. The average Bonchev–Trinajstić information content (AvgIpc) is 3.26. The minimum atomic E-state index is -0.395. The van der Waals surface area contributed by atoms with Crippen molar-refractivity contribution < 1.29 is 19.1 Å². The Kier molecular flexibility index (Phi) is 9.55. The lowest BCUT2D eigenvalue weighted by Gasteiger charge is -2.34. The Morgan fingerprint density at radius 2 is 1.62 bits per heavy atom. The molecule has 8 heteroatoms. The van der Waals surface area contributed by atoms with Gasteiger partial charge in [-0.15, -0.1) is 0 Å². The standard InChI is InChI=1S/C29H40N4O4/c1-8-19(3)33(20(4)9-2)28(35)18-32-24-13-11-10-12-23(24)31-29(32)21(5)30-27(34)17-22-14-15-25(36-6)26(16-22)37-7/h10-16,19-21H,8-9,17-18H2,1-7H3,(H,30,34). The zero-order valence-corrected chi connectivity index (χ0v) is 23.1. The van der Waals surface area contributed by atoms with E-state index in [0.29, 0.717) is 17.3 Å². The summed E-state index contributed by atoms with van der Waals surface area (Å²) in [5, 5.41) is 3.06. The summed E-state index contributed by atoms with van der Waals surface area (Å²) in [4.78, 5) is 33.3. The first-order valence-corrected chi connectivity index (χ1v) is 13.0. The van der Waals surface area contributed by atoms with Gasteiger partial charge in [-0.3, -0.25) is 9.59 Å². The molecule has 1 aromatic heterocycles. The smallest absolute Gasteiger partial charge is 0.243 e. The third kappa shape index (κ3) is 6.42. The highest BCUT2D eigenvalue weighted by atomic mass is 16.5. The van der Waals surface area contributed by atoms with Crippen molar-refractivity contribution in [1.29, 1.82) is 0 Å². The average molecular weight is 509 g/mol. The molecule has 200 valence electrons. The molecular formula is C29H40N4O4. The molecule has 3 aromatic rings. The molecule has 0 saturated carbocycles. The second kappa shape index (κ2) is 12.6. The zero-order chi connectivity index (χ0) is 27.1. The number of nitrogens with one attached hydrogen (secondary N) is 1. The summed E-state index contributed by atoms with van der Waals surface area (Å²) in [5.74, 6) is 1.75. The van der Waals surface area contributed by atoms with E-state index in [1.165, 1.54) is 0 Å². The molecule has 0 aliphatic rings. The number of aromatic nitrogens is 2. The van der Waals surface area contributed by atoms with Gasteiger partial charge in [-0.05, 0) is 63.4 Å². The number of nitrogens with zero attached hydrogens (tertiary/aromatic N) is 3. The minimum Gasteiger partial charge on any atom is -0.493 e. The highest BCUT2D eigenvalue weighted by molar-refractivity contribution is 5.82. The molecule has 3 rings (SSSR count). The van der Waals surface area contributed by atoms with Gasteiger partial charge in [0.15, 0.2) is 11.5 Å². The Labute approximate surface area is 220 Å². The number of methoxy groups -OCH3 is 2. The number of ether oxygens (including phenoxy) is 2. The number of benzene rings is 2. The number of carbonyl (C=O) groups excluding carboxylic acids is 2. The highest BCUT2D eigenvalue weighted by Gasteiger charge is 2.26. The number of rotatable bonds is 12. The molecule has 0 bridgehead atoms. The number of fused-ring (bicyclic) bond motifs is 1. The van der Waals surface area contributed by atoms with Crippen LogP contribution in [0.3, 0.4) is 0 Å². The molecule has 2 aromatic carbocycles. The molecule has 2 amide bonds. The molecule has 0 fully saturated rings. The van der Waals surface area contributed by atoms with Crippen molar-refractivity contribution in [2.45, 2.75) is 78.6 Å². The SMILES string of the molecule is CCC(C)N(C(=O)Cn1c(C(C)NC(=O)Cc2ccc(OC)c(OC)c2)nc2ccccc21)C(C)CC. The van der Waals surface area contributed by atoms with Gasteiger partial charge in [-0.2, -0.15) is 0 Å². The molecule has 0 spiro atoms. The lowest BCUT2D eigenvalue weighted by atomic mass is 10.1. The summed E-state index contributed by atoms with van der Waals surface area (Å²) in [5.41, 5.74) is 2.48. The number of para-hydroxylation sites is 2. The third-order valence-corrected chi connectivity index (χ3v) is 6.97. The fourth-order valence-corrected chi connectivity index (χ4v) is 4.66. The molecule has 3 atom stereocenters. The van der Waals surface area contributed by atoms with Gasteiger partial charge in [0.05, 0.1) is 37.7 Å². The molecule has 1 N–H and O–H groups in total. The van der Waals surface area contributed by atoms with Crippen LogP contribution < -0.4 is 14.8 Å². The number of imidazole rings is 1. The van der Waals surface area contributed by atoms with Crippen molar-refractivity contribution in [2.75, 3.05) is 14.2 Å². The van der Waals surface area contributed by atoms with Crippen molar-refractivity contribution in [3.05, 3.63) is 53.9 Å². The van der Waals surface area contributed by atoms with Crippen LogP contribution in [0.4, 0.5) is 0 Å². The lowest BCUT2D eigenvalue weighted by Crippen LogP contribution is -2.46. The predicted molar refractivity (Wildman–Crippen MR) is 146 cm³/mol. The van der Waals surface area contributed by atoms with E-state index in [9.17, 15) is 9.59 Å². The van der Waals surface area contributed by atoms with Gasteiger partial charge in [0.1, 0.15) is 12.4 Å². The van der Waals surface area contributed by atoms with Gasteiger partial charge in [-0.25, -0.2) is 4.98 Å². The van der Waals surface area contributed by atoms with E-state index in [2.05, 4.69) is 33.0 Å². The van der Waals surface area contributed by atoms with Gasteiger partial charge < -0.3 is 24.3 Å². The first kappa shape index (κ1) is 28.0. The van der Waals surface area contributed by atoms with Gasteiger partial charge in [-0.1, -0.05) is 32.0 Å². The molecule has 0 radical (unpaired) electrons. The predicted octanol–water partition coefficient (Wildman–Crippen LogP) is 4.90. The van der Waals surface area contributed by atoms with Crippen LogP contribution in [-0.2, 0) is 22.6 Å². The summed E-state index contributed by atoms with van der Waals surface area (Å²) in [7, 11) is 3.15. The van der Waals surface area contributed by atoms with E-state index < -0.39 is 6.04 Å². The molecule has 37 heavy (non-hydrogen) atoms. The number of amides is 2. The van der Waals surface area contributed by atoms with E-state index in [4.69, 9.17) is 14.5 Å². The molecule has 8 nitrogen and oxygen atoms in total. The largest absolute Gasteiger partial charge is 0.493 e. The molecule has 3 unspecified atom stereocenters. The molecule has 1 heterocycles. The van der Waals surface area contributed by atoms with E-state index in [0.717, 1.165) is 29.4 Å². The minimum absolute atomic E-state index is 0.0527. The second-order valence-corrected chi connectivity index (χ2v) is 9.52. The van der Waals surface area contributed by atoms with E-state index in [-0.39, 0.29) is 36.9 Å². The van der Waals surface area contributed by atoms with Gasteiger partial charge in [0.2, 0.25) is 11.8 Å². The Bertz CT molecular complexity index is 1210. The van der Waals surface area contributed by atoms with Crippen LogP contribution >= 0.6 is 0 Å². The van der Waals surface area contributed by atoms with Crippen molar-refractivity contribution >= 4 is 22.8 Å². The van der Waals surface area contributed by atoms with Gasteiger partial charge >= 0.3 is 0 Å². The Balaban J connectivity index is 1.85. The van der Waals surface area contributed by atoms with E-state index in [1.54, 1.807) is 26.4 Å². The van der Waals surface area contributed by atoms with Gasteiger partial charge in [0, 0.05) is 12.1 Å². The molecule has 0 saturated heterocycles. The van der Waals surface area contributed by atoms with E-state index >= 15 is 0 Å². The van der Waals surface area contributed by atoms with Crippen molar-refractivity contribution in [3.63, 3.8) is 0 Å².